The summed E-state index contributed by atoms with van der Waals surface area (Å²) < 4.78 is 0. The number of hydrogen-bond acceptors (Lipinski definition) is 3. The van der Waals surface area contributed by atoms with Crippen molar-refractivity contribution >= 4 is 11.8 Å². The molecule has 0 spiro atoms. The highest BCUT2D eigenvalue weighted by atomic mass is 16.4. The van der Waals surface area contributed by atoms with E-state index in [1.807, 2.05) is 13.0 Å². The first-order valence-corrected chi connectivity index (χ1v) is 8.56. The Morgan fingerprint density at radius 3 is 2.74 bits per heavy atom. The van der Waals surface area contributed by atoms with Gasteiger partial charge in [-0.3, -0.25) is 9.59 Å². The maximum Gasteiger partial charge on any atom is 0.303 e. The SMILES string of the molecule is CCC(O)/C=C/C1C(CC)CC(=O)C1CC#CCCCC(=O)O. The van der Waals surface area contributed by atoms with Crippen molar-refractivity contribution in [3.8, 4) is 11.8 Å². The molecule has 0 bridgehead atoms. The van der Waals surface area contributed by atoms with Crippen LogP contribution in [0, 0.1) is 29.6 Å². The van der Waals surface area contributed by atoms with Crippen molar-refractivity contribution in [1.29, 1.82) is 0 Å². The topological polar surface area (TPSA) is 74.6 Å². The number of hydrogen-bond donors (Lipinski definition) is 2. The van der Waals surface area contributed by atoms with E-state index in [0.29, 0.717) is 38.0 Å². The molecule has 4 unspecified atom stereocenters. The van der Waals surface area contributed by atoms with Gasteiger partial charge < -0.3 is 10.2 Å². The van der Waals surface area contributed by atoms with Crippen LogP contribution < -0.4 is 0 Å². The van der Waals surface area contributed by atoms with Gasteiger partial charge in [-0.15, -0.1) is 11.8 Å². The molecule has 0 aromatic carbocycles. The van der Waals surface area contributed by atoms with E-state index in [9.17, 15) is 14.7 Å². The Morgan fingerprint density at radius 2 is 2.13 bits per heavy atom. The molecule has 23 heavy (non-hydrogen) atoms. The lowest BCUT2D eigenvalue weighted by molar-refractivity contribution is -0.137. The first-order valence-electron chi connectivity index (χ1n) is 8.56. The third-order valence-corrected chi connectivity index (χ3v) is 4.52. The molecule has 4 atom stereocenters. The minimum Gasteiger partial charge on any atom is -0.481 e. The summed E-state index contributed by atoms with van der Waals surface area (Å²) in [5, 5.41) is 18.3. The smallest absolute Gasteiger partial charge is 0.303 e. The van der Waals surface area contributed by atoms with Crippen LogP contribution >= 0.6 is 0 Å². The fourth-order valence-corrected chi connectivity index (χ4v) is 3.04. The first-order chi connectivity index (χ1) is 11.0. The lowest BCUT2D eigenvalue weighted by Crippen LogP contribution is -2.16. The predicted octanol–water partition coefficient (Wildman–Crippen LogP) is 3.19. The second kappa shape index (κ2) is 10.2. The van der Waals surface area contributed by atoms with Crippen molar-refractivity contribution in [2.75, 3.05) is 0 Å². The van der Waals surface area contributed by atoms with Crippen LogP contribution in [0.25, 0.3) is 0 Å². The first kappa shape index (κ1) is 19.4. The predicted molar refractivity (Wildman–Crippen MR) is 89.7 cm³/mol. The Hall–Kier alpha value is -1.60. The second-order valence-corrected chi connectivity index (χ2v) is 6.19. The van der Waals surface area contributed by atoms with E-state index in [2.05, 4.69) is 18.8 Å². The van der Waals surface area contributed by atoms with Gasteiger partial charge in [0.15, 0.2) is 0 Å². The lowest BCUT2D eigenvalue weighted by atomic mass is 9.85. The fraction of sp³-hybridized carbons (Fsp3) is 0.684. The Balaban J connectivity index is 2.62. The number of unbranched alkanes of at least 4 members (excludes halogenated alkanes) is 1. The van der Waals surface area contributed by atoms with Crippen molar-refractivity contribution in [2.24, 2.45) is 17.8 Å². The van der Waals surface area contributed by atoms with Crippen LogP contribution in [-0.4, -0.2) is 28.1 Å². The normalized spacial score (nSPS) is 25.3. The van der Waals surface area contributed by atoms with Crippen molar-refractivity contribution in [2.45, 2.75) is 64.9 Å². The molecule has 1 fully saturated rings. The number of allylic oxidation sites excluding steroid dienone is 1. The zero-order valence-corrected chi connectivity index (χ0v) is 14.1. The van der Waals surface area contributed by atoms with Gasteiger partial charge in [-0.25, -0.2) is 0 Å². The van der Waals surface area contributed by atoms with Crippen molar-refractivity contribution in [3.63, 3.8) is 0 Å². The summed E-state index contributed by atoms with van der Waals surface area (Å²) in [4.78, 5) is 22.7. The number of carbonyl (C=O) groups is 2. The van der Waals surface area contributed by atoms with E-state index in [-0.39, 0.29) is 24.0 Å². The second-order valence-electron chi connectivity index (χ2n) is 6.19. The van der Waals surface area contributed by atoms with Crippen LogP contribution in [0.1, 0.15) is 58.8 Å². The van der Waals surface area contributed by atoms with Gasteiger partial charge in [0.1, 0.15) is 5.78 Å². The van der Waals surface area contributed by atoms with Gasteiger partial charge >= 0.3 is 5.97 Å². The van der Waals surface area contributed by atoms with E-state index in [1.165, 1.54) is 0 Å². The molecule has 0 aromatic heterocycles. The Kier molecular flexibility index (Phi) is 8.65. The summed E-state index contributed by atoms with van der Waals surface area (Å²) in [6, 6.07) is 0. The summed E-state index contributed by atoms with van der Waals surface area (Å²) in [7, 11) is 0. The van der Waals surface area contributed by atoms with Gasteiger partial charge in [-0.05, 0) is 24.7 Å². The highest BCUT2D eigenvalue weighted by molar-refractivity contribution is 5.84. The Labute approximate surface area is 139 Å². The maximum absolute atomic E-state index is 12.2. The van der Waals surface area contributed by atoms with E-state index >= 15 is 0 Å². The molecule has 1 aliphatic rings. The average molecular weight is 320 g/mol. The third-order valence-electron chi connectivity index (χ3n) is 4.52. The quantitative estimate of drug-likeness (QED) is 0.409. The summed E-state index contributed by atoms with van der Waals surface area (Å²) in [5.41, 5.74) is 0. The average Bonchev–Trinajstić information content (AvgIpc) is 2.83. The number of Topliss-reactive ketones (excluding diaryl/α,β-unsaturated/α-hetero) is 1. The molecule has 1 saturated carbocycles. The monoisotopic (exact) mass is 320 g/mol. The van der Waals surface area contributed by atoms with Crippen molar-refractivity contribution in [3.05, 3.63) is 12.2 Å². The van der Waals surface area contributed by atoms with Crippen molar-refractivity contribution < 1.29 is 19.8 Å². The summed E-state index contributed by atoms with van der Waals surface area (Å²) in [5.74, 6) is 5.88. The zero-order chi connectivity index (χ0) is 17.2. The number of aliphatic hydroxyl groups excluding tert-OH is 1. The van der Waals surface area contributed by atoms with Crippen LogP contribution in [0.15, 0.2) is 12.2 Å². The molecule has 0 heterocycles. The number of ketones is 1. The minimum absolute atomic E-state index is 0.0905. The molecule has 0 aromatic rings. The molecule has 0 saturated heterocycles. The van der Waals surface area contributed by atoms with Crippen molar-refractivity contribution in [1.82, 2.24) is 0 Å². The molecular weight excluding hydrogens is 292 g/mol. The molecule has 4 heteroatoms. The van der Waals surface area contributed by atoms with Crippen LogP contribution in [0.3, 0.4) is 0 Å². The highest BCUT2D eigenvalue weighted by Crippen LogP contribution is 2.39. The van der Waals surface area contributed by atoms with Gasteiger partial charge in [-0.2, -0.15) is 0 Å². The van der Waals surface area contributed by atoms with Gasteiger partial charge in [0.05, 0.1) is 6.10 Å². The number of carboxylic acid groups (broad SMARTS) is 1. The molecule has 0 radical (unpaired) electrons. The number of aliphatic hydroxyl groups is 1. The van der Waals surface area contributed by atoms with Crippen LogP contribution in [0.4, 0.5) is 0 Å². The van der Waals surface area contributed by atoms with Crippen LogP contribution in [0.2, 0.25) is 0 Å². The van der Waals surface area contributed by atoms with Gasteiger partial charge in [0.2, 0.25) is 0 Å². The molecule has 4 nitrogen and oxygen atoms in total. The van der Waals surface area contributed by atoms with Gasteiger partial charge in [0.25, 0.3) is 0 Å². The Morgan fingerprint density at radius 1 is 1.39 bits per heavy atom. The molecule has 2 N–H and O–H groups in total. The van der Waals surface area contributed by atoms with Crippen LogP contribution in [-0.2, 0) is 9.59 Å². The van der Waals surface area contributed by atoms with Crippen LogP contribution in [0.5, 0.6) is 0 Å². The molecule has 0 amide bonds. The molecule has 1 rings (SSSR count). The molecular formula is C19H28O4. The molecule has 128 valence electrons. The van der Waals surface area contributed by atoms with E-state index in [0.717, 1.165) is 6.42 Å². The lowest BCUT2D eigenvalue weighted by Gasteiger charge is -2.18. The summed E-state index contributed by atoms with van der Waals surface area (Å²) in [6.07, 6.45) is 7.33. The fourth-order valence-electron chi connectivity index (χ4n) is 3.04. The van der Waals surface area contributed by atoms with Gasteiger partial charge in [-0.1, -0.05) is 32.4 Å². The zero-order valence-electron chi connectivity index (χ0n) is 14.1. The largest absolute Gasteiger partial charge is 0.481 e. The molecule has 1 aliphatic carbocycles. The number of aliphatic carboxylic acids is 1. The molecule has 0 aliphatic heterocycles. The van der Waals surface area contributed by atoms with E-state index in [4.69, 9.17) is 5.11 Å². The minimum atomic E-state index is -0.803. The van der Waals surface area contributed by atoms with Gasteiger partial charge in [0, 0.05) is 31.6 Å². The summed E-state index contributed by atoms with van der Waals surface area (Å²) in [6.45, 7) is 4.02. The summed E-state index contributed by atoms with van der Waals surface area (Å²) >= 11 is 0. The third kappa shape index (κ3) is 6.58. The number of rotatable bonds is 8. The maximum atomic E-state index is 12.2. The number of carbonyl (C=O) groups excluding carboxylic acids is 1. The highest BCUT2D eigenvalue weighted by Gasteiger charge is 2.39. The van der Waals surface area contributed by atoms with E-state index in [1.54, 1.807) is 6.08 Å². The number of carboxylic acids is 1. The Bertz CT molecular complexity index is 483. The standard InChI is InChI=1S/C19H28O4/c1-3-14-13-18(21)17(16(14)12-11-15(20)4-2)9-7-5-6-8-10-19(22)23/h11-12,14-17,20H,3-4,6,8-10,13H2,1-2H3,(H,22,23)/b12-11+. The van der Waals surface area contributed by atoms with E-state index < -0.39 is 12.1 Å².